The molecule has 0 aliphatic carbocycles. The number of benzene rings is 1. The Labute approximate surface area is 162 Å². The van der Waals surface area contributed by atoms with Crippen molar-refractivity contribution in [2.45, 2.75) is 49.3 Å². The first-order valence-electron chi connectivity index (χ1n) is 7.90. The molecule has 2 N–H and O–H groups in total. The highest BCUT2D eigenvalue weighted by Gasteiger charge is 2.24. The van der Waals surface area contributed by atoms with Crippen molar-refractivity contribution in [1.29, 1.82) is 0 Å². The van der Waals surface area contributed by atoms with Gasteiger partial charge in [-0.2, -0.15) is 0 Å². The Hall–Kier alpha value is -1.42. The van der Waals surface area contributed by atoms with Gasteiger partial charge in [0.15, 0.2) is 5.13 Å². The van der Waals surface area contributed by atoms with Crippen molar-refractivity contribution in [2.75, 3.05) is 11.6 Å². The Morgan fingerprint density at radius 2 is 1.88 bits per heavy atom. The van der Waals surface area contributed by atoms with Crippen LogP contribution in [0.5, 0.6) is 0 Å². The van der Waals surface area contributed by atoms with Gasteiger partial charge in [0, 0.05) is 11.1 Å². The smallest absolute Gasteiger partial charge is 0.257 e. The molecule has 0 aliphatic rings. The van der Waals surface area contributed by atoms with Crippen LogP contribution >= 0.6 is 23.1 Å². The van der Waals surface area contributed by atoms with Gasteiger partial charge in [0.05, 0.1) is 14.8 Å². The van der Waals surface area contributed by atoms with Crippen molar-refractivity contribution < 1.29 is 13.2 Å². The largest absolute Gasteiger partial charge is 0.298 e. The highest BCUT2D eigenvalue weighted by molar-refractivity contribution is 8.00. The lowest BCUT2D eigenvalue weighted by atomic mass is 10.1. The van der Waals surface area contributed by atoms with E-state index < -0.39 is 15.6 Å². The van der Waals surface area contributed by atoms with Crippen LogP contribution in [0.3, 0.4) is 0 Å². The van der Waals surface area contributed by atoms with E-state index in [-0.39, 0.29) is 10.8 Å². The van der Waals surface area contributed by atoms with E-state index >= 15 is 0 Å². The predicted octanol–water partition coefficient (Wildman–Crippen LogP) is 3.81. The molecule has 2 rings (SSSR count). The lowest BCUT2D eigenvalue weighted by Crippen LogP contribution is -2.40. The summed E-state index contributed by atoms with van der Waals surface area (Å²) >= 11 is 2.97. The van der Waals surface area contributed by atoms with Crippen LogP contribution in [-0.2, 0) is 10.0 Å². The predicted molar refractivity (Wildman–Crippen MR) is 108 cm³/mol. The van der Waals surface area contributed by atoms with Gasteiger partial charge in [0.1, 0.15) is 0 Å². The number of thiazole rings is 1. The average Bonchev–Trinajstić information content (AvgIpc) is 2.84. The third kappa shape index (κ3) is 5.06. The zero-order valence-electron chi connectivity index (χ0n) is 15.6. The summed E-state index contributed by atoms with van der Waals surface area (Å²) in [6.07, 6.45) is 1.95. The highest BCUT2D eigenvalue weighted by atomic mass is 32.2. The minimum Gasteiger partial charge on any atom is -0.298 e. The number of carbonyl (C=O) groups is 1. The zero-order valence-corrected chi connectivity index (χ0v) is 18.1. The van der Waals surface area contributed by atoms with Crippen LogP contribution in [-0.4, -0.2) is 31.1 Å². The molecular formula is C17H23N3O3S3. The van der Waals surface area contributed by atoms with E-state index in [2.05, 4.69) is 15.0 Å². The molecule has 2 aromatic rings. The first-order chi connectivity index (χ1) is 11.9. The lowest BCUT2D eigenvalue weighted by molar-refractivity contribution is 0.102. The van der Waals surface area contributed by atoms with Gasteiger partial charge in [-0.1, -0.05) is 17.4 Å². The van der Waals surface area contributed by atoms with E-state index in [0.717, 1.165) is 9.90 Å². The maximum atomic E-state index is 12.6. The fourth-order valence-electron chi connectivity index (χ4n) is 2.26. The lowest BCUT2D eigenvalue weighted by Gasteiger charge is -2.20. The summed E-state index contributed by atoms with van der Waals surface area (Å²) in [6, 6.07) is 4.53. The summed E-state index contributed by atoms with van der Waals surface area (Å²) < 4.78 is 28.7. The number of carbonyl (C=O) groups excluding carboxylic acids is 1. The molecule has 6 nitrogen and oxygen atoms in total. The molecule has 0 fully saturated rings. The highest BCUT2D eigenvalue weighted by Crippen LogP contribution is 2.30. The molecule has 0 saturated carbocycles. The van der Waals surface area contributed by atoms with E-state index in [1.807, 2.05) is 13.2 Å². The summed E-state index contributed by atoms with van der Waals surface area (Å²) in [5.41, 5.74) is 1.25. The van der Waals surface area contributed by atoms with Gasteiger partial charge in [-0.15, -0.1) is 11.8 Å². The second kappa shape index (κ2) is 7.67. The van der Waals surface area contributed by atoms with E-state index in [4.69, 9.17) is 0 Å². The molecule has 26 heavy (non-hydrogen) atoms. The molecule has 0 unspecified atom stereocenters. The minimum atomic E-state index is -3.72. The van der Waals surface area contributed by atoms with Crippen LogP contribution in [0.2, 0.25) is 0 Å². The molecule has 0 aliphatic heterocycles. The third-order valence-electron chi connectivity index (χ3n) is 3.36. The number of hydrogen-bond donors (Lipinski definition) is 2. The van der Waals surface area contributed by atoms with Crippen molar-refractivity contribution >= 4 is 44.2 Å². The van der Waals surface area contributed by atoms with Crippen LogP contribution in [0, 0.1) is 13.8 Å². The van der Waals surface area contributed by atoms with Crippen molar-refractivity contribution in [3.63, 3.8) is 0 Å². The van der Waals surface area contributed by atoms with E-state index in [1.165, 1.54) is 23.5 Å². The van der Waals surface area contributed by atoms with Gasteiger partial charge < -0.3 is 0 Å². The first kappa shape index (κ1) is 20.9. The SMILES string of the molecule is CSc1sc(NC(=O)c2cc(S(=O)(=O)NC(C)(C)C)ccc2C)nc1C. The fraction of sp³-hybridized carbons (Fsp3) is 0.412. The van der Waals surface area contributed by atoms with Crippen LogP contribution in [0.15, 0.2) is 27.3 Å². The Kier molecular flexibility index (Phi) is 6.17. The Balaban J connectivity index is 2.33. The summed E-state index contributed by atoms with van der Waals surface area (Å²) in [5, 5.41) is 3.26. The van der Waals surface area contributed by atoms with Gasteiger partial charge in [0.25, 0.3) is 5.91 Å². The van der Waals surface area contributed by atoms with E-state index in [1.54, 1.807) is 45.5 Å². The molecule has 142 valence electrons. The Morgan fingerprint density at radius 1 is 1.23 bits per heavy atom. The van der Waals surface area contributed by atoms with Gasteiger partial charge in [0.2, 0.25) is 10.0 Å². The molecule has 1 heterocycles. The molecule has 0 radical (unpaired) electrons. The van der Waals surface area contributed by atoms with Crippen molar-refractivity contribution in [3.8, 4) is 0 Å². The Morgan fingerprint density at radius 3 is 2.42 bits per heavy atom. The zero-order chi connectivity index (χ0) is 19.7. The molecule has 0 spiro atoms. The second-order valence-corrected chi connectivity index (χ2v) is 10.6. The maximum absolute atomic E-state index is 12.6. The van der Waals surface area contributed by atoms with Gasteiger partial charge in [-0.3, -0.25) is 10.1 Å². The molecule has 1 aromatic carbocycles. The van der Waals surface area contributed by atoms with E-state index in [0.29, 0.717) is 16.3 Å². The summed E-state index contributed by atoms with van der Waals surface area (Å²) in [6.45, 7) is 8.94. The number of thioether (sulfide) groups is 1. The summed E-state index contributed by atoms with van der Waals surface area (Å²) in [7, 11) is -3.72. The molecule has 1 aromatic heterocycles. The minimum absolute atomic E-state index is 0.0586. The fourth-order valence-corrected chi connectivity index (χ4v) is 5.32. The number of anilines is 1. The van der Waals surface area contributed by atoms with E-state index in [9.17, 15) is 13.2 Å². The van der Waals surface area contributed by atoms with Crippen LogP contribution < -0.4 is 10.0 Å². The van der Waals surface area contributed by atoms with Crippen LogP contribution in [0.4, 0.5) is 5.13 Å². The average molecular weight is 414 g/mol. The summed E-state index contributed by atoms with van der Waals surface area (Å²) in [4.78, 5) is 17.0. The van der Waals surface area contributed by atoms with Gasteiger partial charge >= 0.3 is 0 Å². The monoisotopic (exact) mass is 413 g/mol. The second-order valence-electron chi connectivity index (χ2n) is 6.88. The molecule has 0 atom stereocenters. The maximum Gasteiger partial charge on any atom is 0.257 e. The molecular weight excluding hydrogens is 390 g/mol. The number of hydrogen-bond acceptors (Lipinski definition) is 6. The number of rotatable bonds is 5. The first-order valence-corrected chi connectivity index (χ1v) is 11.4. The third-order valence-corrected chi connectivity index (χ3v) is 7.40. The summed E-state index contributed by atoms with van der Waals surface area (Å²) in [5.74, 6) is -0.378. The standard InChI is InChI=1S/C17H23N3O3S3/c1-10-7-8-12(26(22,23)20-17(3,4)5)9-13(10)14(21)19-16-18-11(2)15(24-6)25-16/h7-9,20H,1-6H3,(H,18,19,21). The van der Waals surface area contributed by atoms with Crippen molar-refractivity contribution in [2.24, 2.45) is 0 Å². The quantitative estimate of drug-likeness (QED) is 0.728. The van der Waals surface area contributed by atoms with Crippen molar-refractivity contribution in [3.05, 3.63) is 35.0 Å². The van der Waals surface area contributed by atoms with Crippen molar-refractivity contribution in [1.82, 2.24) is 9.71 Å². The van der Waals surface area contributed by atoms with Gasteiger partial charge in [-0.05, 0) is 58.6 Å². The molecule has 0 bridgehead atoms. The molecule has 0 saturated heterocycles. The number of amides is 1. The number of nitrogens with zero attached hydrogens (tertiary/aromatic N) is 1. The molecule has 1 amide bonds. The molecule has 9 heteroatoms. The Bertz CT molecular complexity index is 928. The van der Waals surface area contributed by atoms with Crippen LogP contribution in [0.1, 0.15) is 42.4 Å². The number of aryl methyl sites for hydroxylation is 2. The number of sulfonamides is 1. The number of nitrogens with one attached hydrogen (secondary N) is 2. The van der Waals surface area contributed by atoms with Gasteiger partial charge in [-0.25, -0.2) is 18.1 Å². The topological polar surface area (TPSA) is 88.2 Å². The normalized spacial score (nSPS) is 12.2. The number of aromatic nitrogens is 1. The van der Waals surface area contributed by atoms with Crippen LogP contribution in [0.25, 0.3) is 0 Å².